The first-order valence-corrected chi connectivity index (χ1v) is 8.74. The topological polar surface area (TPSA) is 65.1 Å². The summed E-state index contributed by atoms with van der Waals surface area (Å²) >= 11 is 0. The van der Waals surface area contributed by atoms with Crippen molar-refractivity contribution in [2.24, 2.45) is 0 Å². The molecule has 6 nitrogen and oxygen atoms in total. The van der Waals surface area contributed by atoms with Crippen LogP contribution in [0, 0.1) is 5.82 Å². The molecule has 160 valence electrons. The maximum atomic E-state index is 12.9. The molecule has 0 N–H and O–H groups in total. The number of ether oxygens (including phenoxy) is 3. The largest absolute Gasteiger partial charge is 0.493 e. The van der Waals surface area contributed by atoms with Crippen molar-refractivity contribution >= 4 is 18.0 Å². The van der Waals surface area contributed by atoms with Crippen molar-refractivity contribution in [3.63, 3.8) is 0 Å². The molecule has 0 spiro atoms. The van der Waals surface area contributed by atoms with E-state index >= 15 is 0 Å². The lowest BCUT2D eigenvalue weighted by Crippen LogP contribution is -2.30. The van der Waals surface area contributed by atoms with Gasteiger partial charge in [0.1, 0.15) is 5.82 Å². The van der Waals surface area contributed by atoms with E-state index in [1.54, 1.807) is 12.1 Å². The zero-order valence-corrected chi connectivity index (χ0v) is 16.3. The Morgan fingerprint density at radius 2 is 1.80 bits per heavy atom. The lowest BCUT2D eigenvalue weighted by Gasteiger charge is -2.17. The van der Waals surface area contributed by atoms with Crippen LogP contribution in [0.15, 0.2) is 48.5 Å². The number of hydrogen-bond donors (Lipinski definition) is 0. The average Bonchev–Trinajstić information content (AvgIpc) is 2.72. The van der Waals surface area contributed by atoms with Gasteiger partial charge in [-0.25, -0.2) is 9.18 Å². The molecule has 1 amide bonds. The van der Waals surface area contributed by atoms with Crippen LogP contribution in [-0.4, -0.2) is 44.2 Å². The van der Waals surface area contributed by atoms with Crippen LogP contribution in [0.3, 0.4) is 0 Å². The summed E-state index contributed by atoms with van der Waals surface area (Å²) in [6, 6.07) is 9.83. The molecule has 0 aliphatic heterocycles. The monoisotopic (exact) mass is 423 g/mol. The molecule has 0 fully saturated rings. The van der Waals surface area contributed by atoms with Gasteiger partial charge in [-0.2, -0.15) is 8.78 Å². The van der Waals surface area contributed by atoms with E-state index in [0.717, 1.165) is 11.6 Å². The van der Waals surface area contributed by atoms with E-state index in [2.05, 4.69) is 4.74 Å². The molecule has 0 saturated carbocycles. The summed E-state index contributed by atoms with van der Waals surface area (Å²) in [4.78, 5) is 25.2. The SMILES string of the molecule is COc1cc(/C=C/C(=O)OCC(=O)N(C)Cc2ccc(F)cc2)ccc1OC(F)F. The minimum Gasteiger partial charge on any atom is -0.493 e. The highest BCUT2D eigenvalue weighted by atomic mass is 19.3. The third kappa shape index (κ3) is 7.16. The van der Waals surface area contributed by atoms with Crippen molar-refractivity contribution in [1.29, 1.82) is 0 Å². The van der Waals surface area contributed by atoms with Gasteiger partial charge in [0.25, 0.3) is 5.91 Å². The van der Waals surface area contributed by atoms with E-state index in [4.69, 9.17) is 9.47 Å². The van der Waals surface area contributed by atoms with E-state index < -0.39 is 25.1 Å². The maximum absolute atomic E-state index is 12.9. The third-order valence-electron chi connectivity index (χ3n) is 3.91. The predicted octanol–water partition coefficient (Wildman–Crippen LogP) is 3.65. The first-order chi connectivity index (χ1) is 14.3. The smallest absolute Gasteiger partial charge is 0.387 e. The summed E-state index contributed by atoms with van der Waals surface area (Å²) in [6.07, 6.45) is 2.47. The fourth-order valence-electron chi connectivity index (χ4n) is 2.39. The number of methoxy groups -OCH3 is 1. The van der Waals surface area contributed by atoms with Gasteiger partial charge in [0.05, 0.1) is 7.11 Å². The number of halogens is 3. The molecule has 2 rings (SSSR count). The summed E-state index contributed by atoms with van der Waals surface area (Å²) < 4.78 is 51.8. The normalized spacial score (nSPS) is 10.9. The maximum Gasteiger partial charge on any atom is 0.387 e. The number of carbonyl (C=O) groups excluding carboxylic acids is 2. The van der Waals surface area contributed by atoms with E-state index in [0.29, 0.717) is 5.56 Å². The van der Waals surface area contributed by atoms with Crippen LogP contribution < -0.4 is 9.47 Å². The van der Waals surface area contributed by atoms with Gasteiger partial charge in [0.2, 0.25) is 0 Å². The number of benzene rings is 2. The van der Waals surface area contributed by atoms with Crippen LogP contribution >= 0.6 is 0 Å². The number of carbonyl (C=O) groups is 2. The Bertz CT molecular complexity index is 900. The zero-order valence-electron chi connectivity index (χ0n) is 16.3. The molecule has 0 heterocycles. The first kappa shape index (κ1) is 22.8. The van der Waals surface area contributed by atoms with Gasteiger partial charge in [-0.15, -0.1) is 0 Å². The Kier molecular flexibility index (Phi) is 8.28. The molecule has 0 atom stereocenters. The molecule has 2 aromatic carbocycles. The van der Waals surface area contributed by atoms with E-state index in [1.807, 2.05) is 0 Å². The van der Waals surface area contributed by atoms with Crippen LogP contribution in [0.4, 0.5) is 13.2 Å². The lowest BCUT2D eigenvalue weighted by atomic mass is 10.2. The zero-order chi connectivity index (χ0) is 22.1. The Morgan fingerprint density at radius 1 is 1.10 bits per heavy atom. The molecule has 0 aliphatic carbocycles. The Labute approximate surface area is 171 Å². The third-order valence-corrected chi connectivity index (χ3v) is 3.91. The number of esters is 1. The van der Waals surface area contributed by atoms with Crippen molar-refractivity contribution in [3.8, 4) is 11.5 Å². The van der Waals surface area contributed by atoms with Gasteiger partial charge in [-0.1, -0.05) is 18.2 Å². The molecule has 0 aromatic heterocycles. The average molecular weight is 423 g/mol. The van der Waals surface area contributed by atoms with Crippen LogP contribution in [0.1, 0.15) is 11.1 Å². The molecular weight excluding hydrogens is 403 g/mol. The van der Waals surface area contributed by atoms with Gasteiger partial charge in [-0.05, 0) is 41.5 Å². The fourth-order valence-corrected chi connectivity index (χ4v) is 2.39. The summed E-state index contributed by atoms with van der Waals surface area (Å²) in [5.74, 6) is -1.63. The molecule has 30 heavy (non-hydrogen) atoms. The number of alkyl halides is 2. The minimum absolute atomic E-state index is 0.0726. The van der Waals surface area contributed by atoms with E-state index in [-0.39, 0.29) is 23.9 Å². The highest BCUT2D eigenvalue weighted by molar-refractivity contribution is 5.89. The Hall–Kier alpha value is -3.49. The number of rotatable bonds is 9. The second-order valence-corrected chi connectivity index (χ2v) is 6.11. The van der Waals surface area contributed by atoms with Gasteiger partial charge >= 0.3 is 12.6 Å². The summed E-state index contributed by atoms with van der Waals surface area (Å²) in [5, 5.41) is 0. The molecule has 0 radical (unpaired) electrons. The van der Waals surface area contributed by atoms with Crippen molar-refractivity contribution in [2.45, 2.75) is 13.2 Å². The van der Waals surface area contributed by atoms with Crippen molar-refractivity contribution in [1.82, 2.24) is 4.90 Å². The van der Waals surface area contributed by atoms with Gasteiger partial charge in [0, 0.05) is 19.7 Å². The lowest BCUT2D eigenvalue weighted by molar-refractivity contribution is -0.147. The predicted molar refractivity (Wildman–Crippen MR) is 102 cm³/mol. The molecule has 0 aliphatic rings. The minimum atomic E-state index is -2.99. The number of amides is 1. The highest BCUT2D eigenvalue weighted by Crippen LogP contribution is 2.29. The number of hydrogen-bond acceptors (Lipinski definition) is 5. The molecule has 0 unspecified atom stereocenters. The Balaban J connectivity index is 1.86. The summed E-state index contributed by atoms with van der Waals surface area (Å²) in [6.45, 7) is -3.22. The quantitative estimate of drug-likeness (QED) is 0.455. The van der Waals surface area contributed by atoms with Gasteiger partial charge in [0.15, 0.2) is 18.1 Å². The molecule has 9 heteroatoms. The standard InChI is InChI=1S/C21H20F3NO5/c1-25(12-15-3-7-16(22)8-4-15)19(26)13-29-20(27)10-6-14-5-9-17(30-21(23)24)18(11-14)28-2/h3-11,21H,12-13H2,1-2H3/b10-6+. The second kappa shape index (κ2) is 10.9. The summed E-state index contributed by atoms with van der Waals surface area (Å²) in [5.41, 5.74) is 1.21. The van der Waals surface area contributed by atoms with Gasteiger partial charge < -0.3 is 19.1 Å². The number of likely N-dealkylation sites (N-methyl/N-ethyl adjacent to an activating group) is 1. The molecule has 0 saturated heterocycles. The molecular formula is C21H20F3NO5. The van der Waals surface area contributed by atoms with Crippen molar-refractivity contribution in [3.05, 3.63) is 65.5 Å². The molecule has 2 aromatic rings. The van der Waals surface area contributed by atoms with Crippen LogP contribution in [0.25, 0.3) is 6.08 Å². The summed E-state index contributed by atoms with van der Waals surface area (Å²) in [7, 11) is 2.83. The van der Waals surface area contributed by atoms with Crippen molar-refractivity contribution < 1.29 is 37.0 Å². The first-order valence-electron chi connectivity index (χ1n) is 8.74. The van der Waals surface area contributed by atoms with Gasteiger partial charge in [-0.3, -0.25) is 4.79 Å². The van der Waals surface area contributed by atoms with Crippen LogP contribution in [0.2, 0.25) is 0 Å². The highest BCUT2D eigenvalue weighted by Gasteiger charge is 2.12. The van der Waals surface area contributed by atoms with Crippen LogP contribution in [-0.2, 0) is 20.9 Å². The van der Waals surface area contributed by atoms with E-state index in [9.17, 15) is 22.8 Å². The second-order valence-electron chi connectivity index (χ2n) is 6.11. The Morgan fingerprint density at radius 3 is 2.43 bits per heavy atom. The molecule has 0 bridgehead atoms. The van der Waals surface area contributed by atoms with E-state index in [1.165, 1.54) is 55.5 Å². The fraction of sp³-hybridized carbons (Fsp3) is 0.238. The number of nitrogens with zero attached hydrogens (tertiary/aromatic N) is 1. The van der Waals surface area contributed by atoms with Crippen molar-refractivity contribution in [2.75, 3.05) is 20.8 Å². The van der Waals surface area contributed by atoms with Crippen LogP contribution in [0.5, 0.6) is 11.5 Å².